The van der Waals surface area contributed by atoms with Gasteiger partial charge in [-0.2, -0.15) is 8.42 Å². The van der Waals surface area contributed by atoms with Gasteiger partial charge in [0.1, 0.15) is 0 Å². The van der Waals surface area contributed by atoms with Crippen molar-refractivity contribution in [3.8, 4) is 11.1 Å². The van der Waals surface area contributed by atoms with Crippen molar-refractivity contribution in [3.63, 3.8) is 0 Å². The number of carbonyl (C=O) groups is 2. The molecule has 1 heterocycles. The summed E-state index contributed by atoms with van der Waals surface area (Å²) in [5.74, 6) is -0.820. The summed E-state index contributed by atoms with van der Waals surface area (Å²) in [5, 5.41) is 8.08. The fourth-order valence-electron chi connectivity index (χ4n) is 5.13. The molecular weight excluding hydrogens is 608 g/mol. The van der Waals surface area contributed by atoms with Crippen molar-refractivity contribution in [1.29, 1.82) is 0 Å². The number of pyridine rings is 1. The largest absolute Gasteiger partial charge is 0.354 e. The normalized spacial score (nSPS) is 12.3. The van der Waals surface area contributed by atoms with Crippen LogP contribution in [0.2, 0.25) is 0 Å². The molecule has 0 saturated heterocycles. The van der Waals surface area contributed by atoms with Crippen LogP contribution in [0.15, 0.2) is 99.5 Å². The van der Waals surface area contributed by atoms with Crippen molar-refractivity contribution in [2.75, 3.05) is 19.5 Å². The Kier molecular flexibility index (Phi) is 7.90. The lowest BCUT2D eigenvalue weighted by atomic mass is 9.80. The van der Waals surface area contributed by atoms with Gasteiger partial charge in [-0.25, -0.2) is 4.89 Å². The van der Waals surface area contributed by atoms with Crippen LogP contribution in [0.5, 0.6) is 0 Å². The molecular formula is C31H22N2O9S2. The molecule has 13 heteroatoms. The third kappa shape index (κ3) is 5.11. The molecule has 222 valence electrons. The predicted octanol–water partition coefficient (Wildman–Crippen LogP) is 5.57. The maximum absolute atomic E-state index is 14.1. The van der Waals surface area contributed by atoms with Gasteiger partial charge in [0.15, 0.2) is 11.6 Å². The van der Waals surface area contributed by atoms with Gasteiger partial charge in [-0.15, -0.1) is 4.33 Å². The summed E-state index contributed by atoms with van der Waals surface area (Å²) in [6.45, 7) is 0. The third-order valence-corrected chi connectivity index (χ3v) is 8.97. The molecule has 0 atom stereocenters. The van der Waals surface area contributed by atoms with E-state index in [-0.39, 0.29) is 26.7 Å². The molecule has 0 radical (unpaired) electrons. The number of carbonyl (C=O) groups excluding carboxylic acids is 2. The molecule has 1 aromatic heterocycles. The van der Waals surface area contributed by atoms with Gasteiger partial charge in [-0.3, -0.25) is 18.6 Å². The zero-order chi connectivity index (χ0) is 31.0. The molecule has 0 amide bonds. The minimum Gasteiger partial charge on any atom is -0.354 e. The van der Waals surface area contributed by atoms with E-state index in [0.717, 1.165) is 7.11 Å². The number of ketones is 2. The molecule has 0 saturated carbocycles. The summed E-state index contributed by atoms with van der Waals surface area (Å²) < 4.78 is 34.3. The van der Waals surface area contributed by atoms with Crippen LogP contribution in [0.4, 0.5) is 11.4 Å². The molecule has 1 aliphatic carbocycles. The summed E-state index contributed by atoms with van der Waals surface area (Å²) in [7, 11) is -1.78. The van der Waals surface area contributed by atoms with E-state index in [1.807, 2.05) is 0 Å². The number of H-pyrrole nitrogens is 1. The second kappa shape index (κ2) is 11.8. The number of nitrogens with one attached hydrogen (secondary N) is 2. The lowest BCUT2D eigenvalue weighted by Crippen LogP contribution is -2.24. The molecule has 4 aromatic carbocycles. The zero-order valence-electron chi connectivity index (χ0n) is 23.1. The van der Waals surface area contributed by atoms with Crippen molar-refractivity contribution in [2.24, 2.45) is 0 Å². The van der Waals surface area contributed by atoms with Crippen molar-refractivity contribution >= 4 is 56.0 Å². The minimum atomic E-state index is -4.05. The number of hydrogen-bond donors (Lipinski definition) is 2. The maximum Gasteiger partial charge on any atom is 0.296 e. The Bertz CT molecular complexity index is 2130. The van der Waals surface area contributed by atoms with Gasteiger partial charge < -0.3 is 10.3 Å². The molecule has 5 aromatic rings. The van der Waals surface area contributed by atoms with E-state index in [4.69, 9.17) is 4.33 Å². The van der Waals surface area contributed by atoms with Crippen molar-refractivity contribution in [3.05, 3.63) is 118 Å². The van der Waals surface area contributed by atoms with Crippen LogP contribution in [0.25, 0.3) is 22.0 Å². The fourth-order valence-corrected chi connectivity index (χ4v) is 6.44. The third-order valence-electron chi connectivity index (χ3n) is 7.06. The molecule has 1 aliphatic rings. The summed E-state index contributed by atoms with van der Waals surface area (Å²) >= 11 is 0.654. The number of anilines is 2. The number of aromatic nitrogens is 1. The molecule has 0 spiro atoms. The highest BCUT2D eigenvalue weighted by Crippen LogP contribution is 2.44. The Balaban J connectivity index is 1.58. The van der Waals surface area contributed by atoms with E-state index in [1.165, 1.54) is 25.3 Å². The van der Waals surface area contributed by atoms with E-state index in [2.05, 4.69) is 24.4 Å². The second-order valence-corrected chi connectivity index (χ2v) is 11.9. The number of benzene rings is 4. The molecule has 2 N–H and O–H groups in total. The highest BCUT2D eigenvalue weighted by atomic mass is 32.2. The number of fused-ring (bicyclic) bond motifs is 2. The molecule has 6 rings (SSSR count). The van der Waals surface area contributed by atoms with E-state index in [1.54, 1.807) is 66.7 Å². The van der Waals surface area contributed by atoms with E-state index < -0.39 is 21.5 Å². The lowest BCUT2D eigenvalue weighted by molar-refractivity contribution is -0.447. The zero-order valence-corrected chi connectivity index (χ0v) is 24.7. The van der Waals surface area contributed by atoms with Gasteiger partial charge >= 0.3 is 0 Å². The number of aromatic amines is 1. The predicted molar refractivity (Wildman–Crippen MR) is 162 cm³/mol. The van der Waals surface area contributed by atoms with Gasteiger partial charge in [0.05, 0.1) is 58.6 Å². The van der Waals surface area contributed by atoms with Crippen molar-refractivity contribution in [1.82, 2.24) is 4.98 Å². The first-order valence-corrected chi connectivity index (χ1v) is 15.1. The average molecular weight is 631 g/mol. The minimum absolute atomic E-state index is 0.0856. The van der Waals surface area contributed by atoms with Gasteiger partial charge in [0.2, 0.25) is 0 Å². The van der Waals surface area contributed by atoms with Crippen molar-refractivity contribution < 1.29 is 36.4 Å². The molecule has 0 unspecified atom stereocenters. The fraction of sp³-hybridized carbons (Fsp3) is 0.0645. The van der Waals surface area contributed by atoms with Crippen LogP contribution >= 0.6 is 12.0 Å². The van der Waals surface area contributed by atoms with Crippen LogP contribution in [-0.2, 0) is 28.6 Å². The van der Waals surface area contributed by atoms with Gasteiger partial charge in [0, 0.05) is 27.6 Å². The molecule has 0 fully saturated rings. The van der Waals surface area contributed by atoms with Crippen LogP contribution in [0.1, 0.15) is 31.8 Å². The molecule has 0 aliphatic heterocycles. The van der Waals surface area contributed by atoms with Crippen LogP contribution in [-0.4, -0.2) is 39.2 Å². The SMILES string of the molecule is COOOSc1cc(S(=O)(=O)OC)ccc1Nc1ccc2[nH]c(=O)c(C(=O)c3ccccc3)c3c2c1C(=O)c1ccccc1-3. The Morgan fingerprint density at radius 1 is 0.841 bits per heavy atom. The first-order valence-electron chi connectivity index (χ1n) is 13.0. The van der Waals surface area contributed by atoms with Crippen LogP contribution in [0, 0.1) is 0 Å². The summed E-state index contributed by atoms with van der Waals surface area (Å²) in [6.07, 6.45) is 0. The average Bonchev–Trinajstić information content (AvgIpc) is 3.04. The quantitative estimate of drug-likeness (QED) is 0.0489. The Morgan fingerprint density at radius 2 is 1.55 bits per heavy atom. The molecule has 0 bridgehead atoms. The van der Waals surface area contributed by atoms with Crippen molar-refractivity contribution in [2.45, 2.75) is 9.79 Å². The second-order valence-electron chi connectivity index (χ2n) is 9.47. The first kappa shape index (κ1) is 29.4. The van der Waals surface area contributed by atoms with E-state index >= 15 is 0 Å². The summed E-state index contributed by atoms with van der Waals surface area (Å²) in [5.41, 5.74) is 2.05. The van der Waals surface area contributed by atoms with E-state index in [9.17, 15) is 22.8 Å². The topological polar surface area (TPSA) is 150 Å². The Morgan fingerprint density at radius 3 is 2.27 bits per heavy atom. The number of hydrogen-bond acceptors (Lipinski definition) is 11. The Labute approximate surface area is 254 Å². The van der Waals surface area contributed by atoms with Gasteiger partial charge in [0.25, 0.3) is 15.7 Å². The van der Waals surface area contributed by atoms with Crippen LogP contribution < -0.4 is 10.9 Å². The standard InChI is InChI=1S/C31H22N2O9S2/c1-39-41-42-43-24-16-18(44(37,38)40-2)12-13-21(24)32-23-15-14-22-26-25(19-10-6-7-11-20(19)30(35)27(23)26)28(31(36)33-22)29(34)17-8-4-3-5-9-17/h3-16,32H,1-2H3,(H,33,36). The van der Waals surface area contributed by atoms with Gasteiger partial charge in [-0.1, -0.05) is 59.6 Å². The molecule has 11 nitrogen and oxygen atoms in total. The lowest BCUT2D eigenvalue weighted by Gasteiger charge is -2.24. The number of rotatable bonds is 10. The summed E-state index contributed by atoms with van der Waals surface area (Å²) in [4.78, 5) is 48.7. The smallest absolute Gasteiger partial charge is 0.296 e. The maximum atomic E-state index is 14.1. The first-order chi connectivity index (χ1) is 21.2. The Hall–Kier alpha value is -4.63. The van der Waals surface area contributed by atoms with Crippen LogP contribution in [0.3, 0.4) is 0 Å². The highest BCUT2D eigenvalue weighted by Gasteiger charge is 2.33. The molecule has 44 heavy (non-hydrogen) atoms. The van der Waals surface area contributed by atoms with E-state index in [0.29, 0.717) is 56.6 Å². The highest BCUT2D eigenvalue weighted by molar-refractivity contribution is 7.94. The summed E-state index contributed by atoms with van der Waals surface area (Å²) in [6, 6.07) is 22.6. The van der Waals surface area contributed by atoms with Gasteiger partial charge in [-0.05, 0) is 35.9 Å². The monoisotopic (exact) mass is 630 g/mol.